The zero-order valence-electron chi connectivity index (χ0n) is 29.2. The van der Waals surface area contributed by atoms with Crippen LogP contribution >= 0.6 is 0 Å². The van der Waals surface area contributed by atoms with Gasteiger partial charge in [0.25, 0.3) is 0 Å². The van der Waals surface area contributed by atoms with Crippen molar-refractivity contribution in [2.75, 3.05) is 7.11 Å². The van der Waals surface area contributed by atoms with Crippen LogP contribution < -0.4 is 26.0 Å². The molecule has 4 aromatic carbocycles. The molecule has 278 valence electrons. The number of aliphatic carboxylic acids is 1. The number of hydrogen-bond donors (Lipinski definition) is 7. The highest BCUT2D eigenvalue weighted by molar-refractivity contribution is 5.89. The van der Waals surface area contributed by atoms with Crippen LogP contribution in [-0.4, -0.2) is 76.6 Å². The van der Waals surface area contributed by atoms with Crippen molar-refractivity contribution in [3.05, 3.63) is 137 Å². The van der Waals surface area contributed by atoms with Gasteiger partial charge in [-0.3, -0.25) is 19.7 Å². The Morgan fingerprint density at radius 1 is 0.792 bits per heavy atom. The third-order valence-corrected chi connectivity index (χ3v) is 9.05. The number of carboxylic acids is 1. The number of alkyl carbamates (subject to hydrolysis) is 1. The summed E-state index contributed by atoms with van der Waals surface area (Å²) in [4.78, 5) is 52.4. The molecule has 0 heterocycles. The van der Waals surface area contributed by atoms with Gasteiger partial charge in [0.05, 0.1) is 37.8 Å². The van der Waals surface area contributed by atoms with Crippen LogP contribution in [0.1, 0.15) is 40.3 Å². The number of rotatable bonds is 17. The first-order valence-electron chi connectivity index (χ1n) is 17.2. The normalized spacial score (nSPS) is 17.0. The molecule has 0 saturated carbocycles. The van der Waals surface area contributed by atoms with Crippen LogP contribution in [0, 0.1) is 0 Å². The summed E-state index contributed by atoms with van der Waals surface area (Å²) in [7, 11) is 1.55. The summed E-state index contributed by atoms with van der Waals surface area (Å²) < 4.78 is 10.5. The Kier molecular flexibility index (Phi) is 13.5. The van der Waals surface area contributed by atoms with E-state index in [4.69, 9.17) is 9.47 Å². The standard InChI is InChI=1S/C40H44N4O9/c1-52-29-18-16-26(17-19-29)23-41-36(39(50)44-35-30-15-9-8-14-28(30)21-33(35)45)37(48)31(20-25-10-4-2-5-11-25)42-38(49)32(22-34(46)47)43-40(51)53-24-27-12-6-3-7-13-27/h2-19,31-33,35-37,41,45,48H,20-24H2,1H3,(H,42,49)(H,43,51)(H,44,50)(H,46,47)/t31-,32?,33+,35-,36+,37+/m0/s1. The molecule has 3 amide bonds. The molecule has 13 heteroatoms. The van der Waals surface area contributed by atoms with Crippen molar-refractivity contribution in [3.63, 3.8) is 0 Å². The molecule has 53 heavy (non-hydrogen) atoms. The molecular formula is C40H44N4O9. The van der Waals surface area contributed by atoms with Gasteiger partial charge in [0.15, 0.2) is 0 Å². The number of carbonyl (C=O) groups excluding carboxylic acids is 3. The summed E-state index contributed by atoms with van der Waals surface area (Å²) >= 11 is 0. The Morgan fingerprint density at radius 2 is 1.43 bits per heavy atom. The molecule has 5 rings (SSSR count). The fraction of sp³-hybridized carbons (Fsp3) is 0.300. The predicted molar refractivity (Wildman–Crippen MR) is 195 cm³/mol. The molecule has 6 atom stereocenters. The number of amides is 3. The second-order valence-electron chi connectivity index (χ2n) is 12.8. The number of nitrogens with one attached hydrogen (secondary N) is 4. The summed E-state index contributed by atoms with van der Waals surface area (Å²) in [6, 6.07) is 27.4. The number of benzene rings is 4. The van der Waals surface area contributed by atoms with Gasteiger partial charge in [-0.05, 0) is 46.4 Å². The monoisotopic (exact) mass is 724 g/mol. The van der Waals surface area contributed by atoms with Gasteiger partial charge in [-0.1, -0.05) is 97.1 Å². The highest BCUT2D eigenvalue weighted by atomic mass is 16.5. The Balaban J connectivity index is 1.39. The number of aliphatic hydroxyl groups excluding tert-OH is 2. The smallest absolute Gasteiger partial charge is 0.408 e. The van der Waals surface area contributed by atoms with Crippen molar-refractivity contribution in [2.24, 2.45) is 0 Å². The van der Waals surface area contributed by atoms with E-state index in [-0.39, 0.29) is 19.6 Å². The van der Waals surface area contributed by atoms with Gasteiger partial charge >= 0.3 is 12.1 Å². The minimum atomic E-state index is -1.60. The predicted octanol–water partition coefficient (Wildman–Crippen LogP) is 2.79. The van der Waals surface area contributed by atoms with Crippen molar-refractivity contribution in [3.8, 4) is 5.75 Å². The van der Waals surface area contributed by atoms with Crippen LogP contribution in [0.4, 0.5) is 4.79 Å². The van der Waals surface area contributed by atoms with E-state index in [0.29, 0.717) is 23.3 Å². The zero-order valence-corrected chi connectivity index (χ0v) is 29.2. The quantitative estimate of drug-likeness (QED) is 0.0851. The molecule has 0 saturated heterocycles. The molecule has 13 nitrogen and oxygen atoms in total. The van der Waals surface area contributed by atoms with Crippen molar-refractivity contribution in [1.29, 1.82) is 0 Å². The molecule has 4 aromatic rings. The first kappa shape index (κ1) is 38.5. The highest BCUT2D eigenvalue weighted by Gasteiger charge is 2.39. The van der Waals surface area contributed by atoms with Crippen LogP contribution in [0.15, 0.2) is 109 Å². The maximum atomic E-state index is 14.1. The van der Waals surface area contributed by atoms with E-state index in [9.17, 15) is 34.5 Å². The topological polar surface area (TPSA) is 196 Å². The largest absolute Gasteiger partial charge is 0.497 e. The molecule has 7 N–H and O–H groups in total. The molecular weight excluding hydrogens is 680 g/mol. The fourth-order valence-electron chi connectivity index (χ4n) is 6.26. The maximum Gasteiger partial charge on any atom is 0.408 e. The van der Waals surface area contributed by atoms with E-state index < -0.39 is 66.7 Å². The molecule has 0 aliphatic heterocycles. The van der Waals surface area contributed by atoms with Crippen LogP contribution in [-0.2, 0) is 45.1 Å². The van der Waals surface area contributed by atoms with Gasteiger partial charge in [-0.2, -0.15) is 0 Å². The molecule has 0 spiro atoms. The van der Waals surface area contributed by atoms with E-state index in [1.807, 2.05) is 24.3 Å². The lowest BCUT2D eigenvalue weighted by molar-refractivity contribution is -0.140. The summed E-state index contributed by atoms with van der Waals surface area (Å²) in [5.74, 6) is -2.26. The van der Waals surface area contributed by atoms with E-state index in [1.54, 1.807) is 92.0 Å². The molecule has 1 unspecified atom stereocenters. The van der Waals surface area contributed by atoms with Crippen LogP contribution in [0.25, 0.3) is 0 Å². The van der Waals surface area contributed by atoms with Gasteiger partial charge in [0.2, 0.25) is 11.8 Å². The first-order chi connectivity index (χ1) is 25.6. The number of fused-ring (bicyclic) bond motifs is 1. The Bertz CT molecular complexity index is 1830. The minimum Gasteiger partial charge on any atom is -0.497 e. The highest BCUT2D eigenvalue weighted by Crippen LogP contribution is 2.31. The number of hydrogen-bond acceptors (Lipinski definition) is 9. The Hall–Kier alpha value is -5.76. The lowest BCUT2D eigenvalue weighted by atomic mass is 9.94. The number of methoxy groups -OCH3 is 1. The average molecular weight is 725 g/mol. The number of ether oxygens (including phenoxy) is 2. The molecule has 0 aromatic heterocycles. The summed E-state index contributed by atoms with van der Waals surface area (Å²) in [5, 5.41) is 43.6. The number of aliphatic hydroxyl groups is 2. The van der Waals surface area contributed by atoms with Gasteiger partial charge in [0.1, 0.15) is 24.4 Å². The molecule has 0 radical (unpaired) electrons. The van der Waals surface area contributed by atoms with Crippen molar-refractivity contribution in [2.45, 2.75) is 68.8 Å². The summed E-state index contributed by atoms with van der Waals surface area (Å²) in [6.07, 6.45) is -3.91. The van der Waals surface area contributed by atoms with Gasteiger partial charge in [-0.25, -0.2) is 4.79 Å². The number of carbonyl (C=O) groups is 4. The lowest BCUT2D eigenvalue weighted by Crippen LogP contribution is -2.61. The second-order valence-corrected chi connectivity index (χ2v) is 12.8. The van der Waals surface area contributed by atoms with E-state index in [0.717, 1.165) is 16.7 Å². The van der Waals surface area contributed by atoms with Gasteiger partial charge < -0.3 is 40.7 Å². The van der Waals surface area contributed by atoms with Crippen LogP contribution in [0.5, 0.6) is 5.75 Å². The Labute approximate surface area is 307 Å². The number of carboxylic acid groups (broad SMARTS) is 1. The SMILES string of the molecule is COc1ccc(CN[C@@H](C(=O)N[C@H]2c3ccccc3C[C@H]2O)[C@H](O)[C@H](Cc2ccccc2)NC(=O)C(CC(=O)O)NC(=O)OCc2ccccc2)cc1. The maximum absolute atomic E-state index is 14.1. The van der Waals surface area contributed by atoms with E-state index in [1.165, 1.54) is 0 Å². The Morgan fingerprint density at radius 3 is 2.09 bits per heavy atom. The molecule has 1 aliphatic carbocycles. The van der Waals surface area contributed by atoms with Crippen LogP contribution in [0.2, 0.25) is 0 Å². The fourth-order valence-corrected chi connectivity index (χ4v) is 6.26. The summed E-state index contributed by atoms with van der Waals surface area (Å²) in [6.45, 7) is 0.0195. The molecule has 1 aliphatic rings. The second kappa shape index (κ2) is 18.6. The van der Waals surface area contributed by atoms with Gasteiger partial charge in [0, 0.05) is 13.0 Å². The third kappa shape index (κ3) is 10.9. The average Bonchev–Trinajstić information content (AvgIpc) is 3.48. The zero-order chi connectivity index (χ0) is 37.7. The first-order valence-corrected chi connectivity index (χ1v) is 17.2. The van der Waals surface area contributed by atoms with E-state index >= 15 is 0 Å². The van der Waals surface area contributed by atoms with Crippen molar-refractivity contribution in [1.82, 2.24) is 21.3 Å². The van der Waals surface area contributed by atoms with Crippen molar-refractivity contribution >= 4 is 23.9 Å². The van der Waals surface area contributed by atoms with Crippen LogP contribution in [0.3, 0.4) is 0 Å². The summed E-state index contributed by atoms with van der Waals surface area (Å²) in [5.41, 5.74) is 3.81. The minimum absolute atomic E-state index is 0.0366. The molecule has 0 fully saturated rings. The lowest BCUT2D eigenvalue weighted by Gasteiger charge is -2.33. The van der Waals surface area contributed by atoms with Crippen molar-refractivity contribution < 1.29 is 44.0 Å². The third-order valence-electron chi connectivity index (χ3n) is 9.05. The van der Waals surface area contributed by atoms with E-state index in [2.05, 4.69) is 21.3 Å². The van der Waals surface area contributed by atoms with Gasteiger partial charge in [-0.15, -0.1) is 0 Å². The molecule has 0 bridgehead atoms.